The second-order valence-corrected chi connectivity index (χ2v) is 7.10. The molecule has 128 valence electrons. The van der Waals surface area contributed by atoms with E-state index in [1.54, 1.807) is 6.92 Å². The lowest BCUT2D eigenvalue weighted by atomic mass is 9.72. The van der Waals surface area contributed by atoms with Crippen LogP contribution in [0.3, 0.4) is 0 Å². The first-order valence-corrected chi connectivity index (χ1v) is 9.08. The van der Waals surface area contributed by atoms with Gasteiger partial charge >= 0.3 is 0 Å². The van der Waals surface area contributed by atoms with Crippen LogP contribution in [0.15, 0.2) is 42.5 Å². The van der Waals surface area contributed by atoms with Crippen LogP contribution in [-0.2, 0) is 17.6 Å². The molecule has 1 amide bonds. The number of hydrogen-bond donors (Lipinski definition) is 2. The van der Waals surface area contributed by atoms with E-state index in [1.165, 1.54) is 27.8 Å². The van der Waals surface area contributed by atoms with Gasteiger partial charge in [0.1, 0.15) is 0 Å². The van der Waals surface area contributed by atoms with Crippen molar-refractivity contribution in [2.45, 2.75) is 44.6 Å². The minimum Gasteiger partial charge on any atom is -0.327 e. The van der Waals surface area contributed by atoms with Gasteiger partial charge in [0.05, 0.1) is 0 Å². The third kappa shape index (κ3) is 2.89. The summed E-state index contributed by atoms with van der Waals surface area (Å²) in [5.74, 6) is 0.0958. The molecule has 2 aliphatic rings. The number of nitrogens with two attached hydrogens (primary N) is 1. The van der Waals surface area contributed by atoms with Crippen LogP contribution >= 0.6 is 0 Å². The van der Waals surface area contributed by atoms with Crippen molar-refractivity contribution in [3.05, 3.63) is 70.3 Å². The molecular weight excluding hydrogens is 308 g/mol. The molecule has 0 saturated heterocycles. The number of benzene rings is 2. The molecule has 1 unspecified atom stereocenters. The number of aryl methyl sites for hydroxylation is 1. The number of rotatable bonds is 2. The number of anilines is 1. The number of carbonyl (C=O) groups excluding carboxylic acids is 1. The standard InChI is InChI=1S/C22H24N2O/c1-14(25)24-20-13-11-16-7-3-5-9-18(16)22(20)21-17-8-4-2-6-15(17)10-12-19(21)23/h2-4,6-8,11,13,19,21H,5,9-10,12,23H2,1H3,(H,24,25)/t19-,21?/m1/s1. The summed E-state index contributed by atoms with van der Waals surface area (Å²) in [6.45, 7) is 1.57. The Morgan fingerprint density at radius 2 is 2.00 bits per heavy atom. The van der Waals surface area contributed by atoms with Crippen molar-refractivity contribution >= 4 is 17.7 Å². The summed E-state index contributed by atoms with van der Waals surface area (Å²) < 4.78 is 0. The number of nitrogens with one attached hydrogen (secondary N) is 1. The van der Waals surface area contributed by atoms with Gasteiger partial charge in [-0.05, 0) is 59.6 Å². The summed E-state index contributed by atoms with van der Waals surface area (Å²) in [7, 11) is 0. The largest absolute Gasteiger partial charge is 0.327 e. The van der Waals surface area contributed by atoms with Gasteiger partial charge < -0.3 is 11.1 Å². The Morgan fingerprint density at radius 1 is 1.16 bits per heavy atom. The number of allylic oxidation sites excluding steroid dienone is 1. The van der Waals surface area contributed by atoms with Crippen LogP contribution in [0.25, 0.3) is 6.08 Å². The fourth-order valence-corrected chi connectivity index (χ4v) is 4.36. The summed E-state index contributed by atoms with van der Waals surface area (Å²) in [6.07, 6.45) is 8.45. The fourth-order valence-electron chi connectivity index (χ4n) is 4.36. The molecule has 2 atom stereocenters. The zero-order chi connectivity index (χ0) is 17.4. The Labute approximate surface area is 148 Å². The molecule has 0 heterocycles. The van der Waals surface area contributed by atoms with Gasteiger partial charge in [0, 0.05) is 24.6 Å². The molecule has 0 fully saturated rings. The van der Waals surface area contributed by atoms with E-state index in [9.17, 15) is 4.79 Å². The van der Waals surface area contributed by atoms with Crippen molar-refractivity contribution < 1.29 is 4.79 Å². The molecule has 2 aromatic carbocycles. The zero-order valence-electron chi connectivity index (χ0n) is 14.6. The van der Waals surface area contributed by atoms with Crippen LogP contribution in [0, 0.1) is 0 Å². The van der Waals surface area contributed by atoms with Crippen molar-refractivity contribution in [1.29, 1.82) is 0 Å². The van der Waals surface area contributed by atoms with E-state index in [4.69, 9.17) is 5.73 Å². The van der Waals surface area contributed by atoms with Gasteiger partial charge in [-0.15, -0.1) is 0 Å². The van der Waals surface area contributed by atoms with Gasteiger partial charge in [-0.2, -0.15) is 0 Å². The number of hydrogen-bond acceptors (Lipinski definition) is 2. The van der Waals surface area contributed by atoms with Gasteiger partial charge in [0.15, 0.2) is 0 Å². The predicted octanol–water partition coefficient (Wildman–Crippen LogP) is 4.01. The van der Waals surface area contributed by atoms with Crippen LogP contribution < -0.4 is 11.1 Å². The van der Waals surface area contributed by atoms with Gasteiger partial charge in [-0.1, -0.05) is 42.5 Å². The van der Waals surface area contributed by atoms with Crippen molar-refractivity contribution in [3.8, 4) is 0 Å². The van der Waals surface area contributed by atoms with Gasteiger partial charge in [0.25, 0.3) is 0 Å². The minimum atomic E-state index is -0.0368. The van der Waals surface area contributed by atoms with E-state index < -0.39 is 0 Å². The Morgan fingerprint density at radius 3 is 2.84 bits per heavy atom. The molecule has 0 spiro atoms. The average molecular weight is 332 g/mol. The molecule has 0 aromatic heterocycles. The Balaban J connectivity index is 1.94. The summed E-state index contributed by atoms with van der Waals surface area (Å²) in [6, 6.07) is 12.8. The third-order valence-corrected chi connectivity index (χ3v) is 5.44. The molecule has 0 radical (unpaired) electrons. The van der Waals surface area contributed by atoms with Crippen LogP contribution in [-0.4, -0.2) is 11.9 Å². The van der Waals surface area contributed by atoms with Crippen LogP contribution in [0.2, 0.25) is 0 Å². The highest BCUT2D eigenvalue weighted by Crippen LogP contribution is 2.43. The quantitative estimate of drug-likeness (QED) is 0.873. The highest BCUT2D eigenvalue weighted by Gasteiger charge is 2.32. The van der Waals surface area contributed by atoms with Crippen molar-refractivity contribution in [2.75, 3.05) is 5.32 Å². The Hall–Kier alpha value is -2.39. The molecule has 2 aromatic rings. The highest BCUT2D eigenvalue weighted by atomic mass is 16.1. The van der Waals surface area contributed by atoms with Crippen LogP contribution in [0.5, 0.6) is 0 Å². The second kappa shape index (κ2) is 6.49. The summed E-state index contributed by atoms with van der Waals surface area (Å²) in [5.41, 5.74) is 14.1. The lowest BCUT2D eigenvalue weighted by Gasteiger charge is -2.35. The van der Waals surface area contributed by atoms with Crippen molar-refractivity contribution in [2.24, 2.45) is 5.73 Å². The minimum absolute atomic E-state index is 0.0368. The first-order chi connectivity index (χ1) is 12.1. The van der Waals surface area contributed by atoms with E-state index in [0.717, 1.165) is 31.4 Å². The van der Waals surface area contributed by atoms with Crippen LogP contribution in [0.1, 0.15) is 53.5 Å². The third-order valence-electron chi connectivity index (χ3n) is 5.44. The molecule has 0 aliphatic heterocycles. The second-order valence-electron chi connectivity index (χ2n) is 7.10. The van der Waals surface area contributed by atoms with Crippen LogP contribution in [0.4, 0.5) is 5.69 Å². The Kier molecular flexibility index (Phi) is 4.18. The zero-order valence-corrected chi connectivity index (χ0v) is 14.6. The first-order valence-electron chi connectivity index (χ1n) is 9.08. The SMILES string of the molecule is CC(=O)Nc1ccc2c(c1C1c3ccccc3CC[C@H]1N)CCC=C2. The van der Waals surface area contributed by atoms with E-state index in [-0.39, 0.29) is 17.9 Å². The molecule has 25 heavy (non-hydrogen) atoms. The lowest BCUT2D eigenvalue weighted by Crippen LogP contribution is -2.35. The normalized spacial score (nSPS) is 21.4. The van der Waals surface area contributed by atoms with E-state index in [1.807, 2.05) is 6.07 Å². The maximum Gasteiger partial charge on any atom is 0.221 e. The number of amides is 1. The van der Waals surface area contributed by atoms with Gasteiger partial charge in [-0.3, -0.25) is 4.79 Å². The monoisotopic (exact) mass is 332 g/mol. The summed E-state index contributed by atoms with van der Waals surface area (Å²) >= 11 is 0. The van der Waals surface area contributed by atoms with E-state index in [2.05, 4.69) is 47.8 Å². The van der Waals surface area contributed by atoms with Gasteiger partial charge in [-0.25, -0.2) is 0 Å². The summed E-state index contributed by atoms with van der Waals surface area (Å²) in [5, 5.41) is 3.05. The first kappa shape index (κ1) is 16.1. The molecule has 0 saturated carbocycles. The van der Waals surface area contributed by atoms with E-state index in [0.29, 0.717) is 0 Å². The number of carbonyl (C=O) groups is 1. The molecule has 3 heteroatoms. The van der Waals surface area contributed by atoms with E-state index >= 15 is 0 Å². The molecule has 2 aliphatic carbocycles. The van der Waals surface area contributed by atoms with Crippen molar-refractivity contribution in [3.63, 3.8) is 0 Å². The highest BCUT2D eigenvalue weighted by molar-refractivity contribution is 5.90. The summed E-state index contributed by atoms with van der Waals surface area (Å²) in [4.78, 5) is 11.8. The average Bonchev–Trinajstić information content (AvgIpc) is 2.62. The predicted molar refractivity (Wildman–Crippen MR) is 103 cm³/mol. The maximum atomic E-state index is 11.8. The maximum absolute atomic E-state index is 11.8. The fraction of sp³-hybridized carbons (Fsp3) is 0.318. The molecule has 3 nitrogen and oxygen atoms in total. The smallest absolute Gasteiger partial charge is 0.221 e. The topological polar surface area (TPSA) is 55.1 Å². The van der Waals surface area contributed by atoms with Gasteiger partial charge in [0.2, 0.25) is 5.91 Å². The lowest BCUT2D eigenvalue weighted by molar-refractivity contribution is -0.114. The number of fused-ring (bicyclic) bond motifs is 2. The van der Waals surface area contributed by atoms with Crippen molar-refractivity contribution in [1.82, 2.24) is 0 Å². The Bertz CT molecular complexity index is 853. The molecule has 0 bridgehead atoms. The molecular formula is C22H24N2O. The molecule has 3 N–H and O–H groups in total. The molecule has 4 rings (SSSR count).